The summed E-state index contributed by atoms with van der Waals surface area (Å²) in [6, 6.07) is 6.54. The lowest BCUT2D eigenvalue weighted by atomic mass is 9.99. The molecule has 1 aliphatic heterocycles. The van der Waals surface area contributed by atoms with E-state index >= 15 is 0 Å². The van der Waals surface area contributed by atoms with E-state index in [1.807, 2.05) is 6.92 Å². The van der Waals surface area contributed by atoms with Gasteiger partial charge in [0.1, 0.15) is 0 Å². The Bertz CT molecular complexity index is 346. The van der Waals surface area contributed by atoms with Crippen LogP contribution in [0, 0.1) is 0 Å². The predicted octanol–water partition coefficient (Wildman–Crippen LogP) is 1.95. The standard InChI is InChI=1S/C13H19NO/c1-10(15)6-7-11-4-3-5-12-8-14(2)9-13(11)12/h3-5,10,15H,6-9H2,1-2H3. The maximum atomic E-state index is 9.30. The van der Waals surface area contributed by atoms with Gasteiger partial charge in [-0.15, -0.1) is 0 Å². The number of hydrogen-bond acceptors (Lipinski definition) is 2. The van der Waals surface area contributed by atoms with Crippen LogP contribution in [0.2, 0.25) is 0 Å². The van der Waals surface area contributed by atoms with E-state index < -0.39 is 0 Å². The largest absolute Gasteiger partial charge is 0.393 e. The number of aliphatic hydroxyl groups excluding tert-OH is 1. The van der Waals surface area contributed by atoms with Crippen LogP contribution >= 0.6 is 0 Å². The maximum absolute atomic E-state index is 9.30. The van der Waals surface area contributed by atoms with Gasteiger partial charge in [-0.2, -0.15) is 0 Å². The van der Waals surface area contributed by atoms with Crippen LogP contribution in [0.4, 0.5) is 0 Å². The van der Waals surface area contributed by atoms with Crippen molar-refractivity contribution in [3.63, 3.8) is 0 Å². The lowest BCUT2D eigenvalue weighted by Gasteiger charge is -2.09. The molecule has 0 aromatic heterocycles. The molecular formula is C13H19NO. The van der Waals surface area contributed by atoms with Crippen LogP contribution in [0.5, 0.6) is 0 Å². The molecular weight excluding hydrogens is 186 g/mol. The van der Waals surface area contributed by atoms with Crippen LogP contribution < -0.4 is 0 Å². The zero-order valence-corrected chi connectivity index (χ0v) is 9.53. The topological polar surface area (TPSA) is 23.5 Å². The normalized spacial score (nSPS) is 17.8. The first kappa shape index (κ1) is 10.7. The second kappa shape index (κ2) is 4.33. The van der Waals surface area contributed by atoms with Gasteiger partial charge in [0.05, 0.1) is 6.10 Å². The molecule has 0 radical (unpaired) electrons. The van der Waals surface area contributed by atoms with Crippen molar-refractivity contribution in [1.82, 2.24) is 4.90 Å². The van der Waals surface area contributed by atoms with Gasteiger partial charge in [-0.05, 0) is 43.5 Å². The summed E-state index contributed by atoms with van der Waals surface area (Å²) < 4.78 is 0. The predicted molar refractivity (Wildman–Crippen MR) is 61.6 cm³/mol. The molecule has 1 N–H and O–H groups in total. The first-order valence-corrected chi connectivity index (χ1v) is 5.63. The molecule has 2 nitrogen and oxygen atoms in total. The second-order valence-electron chi connectivity index (χ2n) is 4.61. The molecule has 1 heterocycles. The lowest BCUT2D eigenvalue weighted by Crippen LogP contribution is -2.08. The van der Waals surface area contributed by atoms with Gasteiger partial charge in [0.25, 0.3) is 0 Å². The Balaban J connectivity index is 2.15. The van der Waals surface area contributed by atoms with Crippen molar-refractivity contribution < 1.29 is 5.11 Å². The van der Waals surface area contributed by atoms with Crippen LogP contribution in [0.15, 0.2) is 18.2 Å². The summed E-state index contributed by atoms with van der Waals surface area (Å²) in [5.41, 5.74) is 4.36. The summed E-state index contributed by atoms with van der Waals surface area (Å²) >= 11 is 0. The van der Waals surface area contributed by atoms with Gasteiger partial charge < -0.3 is 5.11 Å². The molecule has 0 saturated carbocycles. The van der Waals surface area contributed by atoms with Gasteiger partial charge >= 0.3 is 0 Å². The van der Waals surface area contributed by atoms with Crippen LogP contribution in [0.25, 0.3) is 0 Å². The van der Waals surface area contributed by atoms with Gasteiger partial charge in [-0.25, -0.2) is 0 Å². The fraction of sp³-hybridized carbons (Fsp3) is 0.538. The van der Waals surface area contributed by atoms with Gasteiger partial charge in [0, 0.05) is 13.1 Å². The summed E-state index contributed by atoms with van der Waals surface area (Å²) in [7, 11) is 2.15. The van der Waals surface area contributed by atoms with Crippen LogP contribution in [-0.4, -0.2) is 23.2 Å². The molecule has 0 bridgehead atoms. The van der Waals surface area contributed by atoms with Gasteiger partial charge in [0.2, 0.25) is 0 Å². The van der Waals surface area contributed by atoms with Crippen molar-refractivity contribution in [2.75, 3.05) is 7.05 Å². The number of nitrogens with zero attached hydrogens (tertiary/aromatic N) is 1. The average molecular weight is 205 g/mol. The summed E-state index contributed by atoms with van der Waals surface area (Å²) in [6.45, 7) is 3.98. The Morgan fingerprint density at radius 2 is 2.20 bits per heavy atom. The molecule has 15 heavy (non-hydrogen) atoms. The summed E-state index contributed by atoms with van der Waals surface area (Å²) in [4.78, 5) is 2.33. The van der Waals surface area contributed by atoms with Crippen LogP contribution in [0.1, 0.15) is 30.0 Å². The highest BCUT2D eigenvalue weighted by Gasteiger charge is 2.17. The lowest BCUT2D eigenvalue weighted by molar-refractivity contribution is 0.185. The first-order chi connectivity index (χ1) is 7.16. The monoisotopic (exact) mass is 205 g/mol. The Kier molecular flexibility index (Phi) is 3.08. The smallest absolute Gasteiger partial charge is 0.0515 e. The Labute approximate surface area is 91.5 Å². The number of benzene rings is 1. The summed E-state index contributed by atoms with van der Waals surface area (Å²) in [5.74, 6) is 0. The molecule has 0 saturated heterocycles. The number of rotatable bonds is 3. The molecule has 2 rings (SSSR count). The molecule has 1 aliphatic rings. The SMILES string of the molecule is CC(O)CCc1cccc2c1CN(C)C2. The highest BCUT2D eigenvalue weighted by atomic mass is 16.3. The van der Waals surface area contributed by atoms with Crippen LogP contribution in [0.3, 0.4) is 0 Å². The summed E-state index contributed by atoms with van der Waals surface area (Å²) in [5, 5.41) is 9.30. The molecule has 1 aromatic carbocycles. The number of fused-ring (bicyclic) bond motifs is 1. The minimum atomic E-state index is -0.194. The minimum absolute atomic E-state index is 0.194. The molecule has 1 unspecified atom stereocenters. The third kappa shape index (κ3) is 2.39. The van der Waals surface area contributed by atoms with E-state index in [1.54, 1.807) is 0 Å². The molecule has 0 aliphatic carbocycles. The van der Waals surface area contributed by atoms with Crippen molar-refractivity contribution in [3.8, 4) is 0 Å². The fourth-order valence-electron chi connectivity index (χ4n) is 2.25. The zero-order valence-electron chi connectivity index (χ0n) is 9.53. The van der Waals surface area contributed by atoms with E-state index in [0.717, 1.165) is 25.9 Å². The Morgan fingerprint density at radius 1 is 1.40 bits per heavy atom. The molecule has 82 valence electrons. The van der Waals surface area contributed by atoms with Crippen molar-refractivity contribution in [3.05, 3.63) is 34.9 Å². The van der Waals surface area contributed by atoms with Crippen molar-refractivity contribution >= 4 is 0 Å². The second-order valence-corrected chi connectivity index (χ2v) is 4.61. The zero-order chi connectivity index (χ0) is 10.8. The molecule has 0 fully saturated rings. The van der Waals surface area contributed by atoms with E-state index in [0.29, 0.717) is 0 Å². The number of aliphatic hydroxyl groups is 1. The number of hydrogen-bond donors (Lipinski definition) is 1. The third-order valence-electron chi connectivity index (χ3n) is 3.07. The molecule has 1 atom stereocenters. The van der Waals surface area contributed by atoms with E-state index in [-0.39, 0.29) is 6.10 Å². The first-order valence-electron chi connectivity index (χ1n) is 5.63. The van der Waals surface area contributed by atoms with E-state index in [9.17, 15) is 5.11 Å². The van der Waals surface area contributed by atoms with Crippen molar-refractivity contribution in [2.45, 2.75) is 39.0 Å². The quantitative estimate of drug-likeness (QED) is 0.815. The van der Waals surface area contributed by atoms with E-state index in [2.05, 4.69) is 30.1 Å². The van der Waals surface area contributed by atoms with E-state index in [1.165, 1.54) is 16.7 Å². The van der Waals surface area contributed by atoms with E-state index in [4.69, 9.17) is 0 Å². The Hall–Kier alpha value is -0.860. The van der Waals surface area contributed by atoms with Gasteiger partial charge in [-0.3, -0.25) is 4.90 Å². The Morgan fingerprint density at radius 3 is 2.93 bits per heavy atom. The number of aryl methyl sites for hydroxylation is 1. The molecule has 2 heteroatoms. The highest BCUT2D eigenvalue weighted by Crippen LogP contribution is 2.25. The molecule has 0 amide bonds. The average Bonchev–Trinajstić information content (AvgIpc) is 2.55. The van der Waals surface area contributed by atoms with Gasteiger partial charge in [-0.1, -0.05) is 18.2 Å². The van der Waals surface area contributed by atoms with Crippen molar-refractivity contribution in [2.24, 2.45) is 0 Å². The fourth-order valence-corrected chi connectivity index (χ4v) is 2.25. The third-order valence-corrected chi connectivity index (χ3v) is 3.07. The minimum Gasteiger partial charge on any atom is -0.393 e. The molecule has 0 spiro atoms. The van der Waals surface area contributed by atoms with Gasteiger partial charge in [0.15, 0.2) is 0 Å². The van der Waals surface area contributed by atoms with Crippen LogP contribution in [-0.2, 0) is 19.5 Å². The highest BCUT2D eigenvalue weighted by molar-refractivity contribution is 5.37. The maximum Gasteiger partial charge on any atom is 0.0515 e. The molecule has 1 aromatic rings. The summed E-state index contributed by atoms with van der Waals surface area (Å²) in [6.07, 6.45) is 1.66. The van der Waals surface area contributed by atoms with Crippen molar-refractivity contribution in [1.29, 1.82) is 0 Å².